The zero-order valence-electron chi connectivity index (χ0n) is 20.3. The second kappa shape index (κ2) is 9.83. The van der Waals surface area contributed by atoms with Crippen LogP contribution in [0.3, 0.4) is 0 Å². The van der Waals surface area contributed by atoms with E-state index in [0.717, 1.165) is 16.2 Å². The van der Waals surface area contributed by atoms with E-state index in [9.17, 15) is 9.59 Å². The highest BCUT2D eigenvalue weighted by molar-refractivity contribution is 7.10. The molecule has 3 aromatic heterocycles. The van der Waals surface area contributed by atoms with E-state index in [1.807, 2.05) is 76.4 Å². The first-order valence-corrected chi connectivity index (χ1v) is 12.1. The predicted octanol–water partition coefficient (Wildman–Crippen LogP) is 4.30. The summed E-state index contributed by atoms with van der Waals surface area (Å²) >= 11 is 1.42. The number of anilines is 1. The Kier molecular flexibility index (Phi) is 6.83. The van der Waals surface area contributed by atoms with Gasteiger partial charge in [-0.3, -0.25) is 14.5 Å². The molecular weight excluding hydrogens is 464 g/mol. The van der Waals surface area contributed by atoms with Gasteiger partial charge in [-0.15, -0.1) is 21.5 Å². The Morgan fingerprint density at radius 1 is 1.14 bits per heavy atom. The highest BCUT2D eigenvalue weighted by Crippen LogP contribution is 2.32. The number of hydrogen-bond acceptors (Lipinski definition) is 7. The SMILES string of the molecule is Cc1cccc(N(C(=O)Cn2nnc(-c3ccc(C)o3)n2)[C@@H](C(=O)NC(C)(C)C)c2cccs2)c1. The number of hydrogen-bond donors (Lipinski definition) is 1. The molecule has 1 aromatic carbocycles. The summed E-state index contributed by atoms with van der Waals surface area (Å²) in [6, 6.07) is 13.9. The molecule has 0 radical (unpaired) electrons. The molecule has 4 aromatic rings. The minimum atomic E-state index is -0.862. The Balaban J connectivity index is 1.71. The van der Waals surface area contributed by atoms with Crippen molar-refractivity contribution in [1.82, 2.24) is 25.5 Å². The average Bonchev–Trinajstić information content (AvgIpc) is 3.52. The van der Waals surface area contributed by atoms with Crippen LogP contribution in [-0.2, 0) is 16.1 Å². The van der Waals surface area contributed by atoms with Crippen molar-refractivity contribution >= 4 is 28.8 Å². The van der Waals surface area contributed by atoms with Crippen LogP contribution in [0.5, 0.6) is 0 Å². The Morgan fingerprint density at radius 3 is 2.57 bits per heavy atom. The summed E-state index contributed by atoms with van der Waals surface area (Å²) in [7, 11) is 0. The fourth-order valence-corrected chi connectivity index (χ4v) is 4.45. The van der Waals surface area contributed by atoms with Gasteiger partial charge in [0.2, 0.25) is 11.7 Å². The minimum Gasteiger partial charge on any atom is -0.458 e. The second-order valence-electron chi connectivity index (χ2n) is 9.31. The molecule has 10 heteroatoms. The first-order valence-electron chi connectivity index (χ1n) is 11.2. The Morgan fingerprint density at radius 2 is 1.94 bits per heavy atom. The molecule has 35 heavy (non-hydrogen) atoms. The highest BCUT2D eigenvalue weighted by Gasteiger charge is 2.35. The van der Waals surface area contributed by atoms with E-state index in [2.05, 4.69) is 20.7 Å². The Hall–Kier alpha value is -3.79. The molecule has 0 unspecified atom stereocenters. The normalized spacial score (nSPS) is 12.4. The summed E-state index contributed by atoms with van der Waals surface area (Å²) in [6.45, 7) is 9.29. The first-order chi connectivity index (χ1) is 16.6. The third-order valence-corrected chi connectivity index (χ3v) is 5.98. The minimum absolute atomic E-state index is 0.203. The monoisotopic (exact) mass is 492 g/mol. The standard InChI is InChI=1S/C25H28N6O3S/c1-16-8-6-9-18(14-16)31(22(20-10-7-13-35-20)24(33)26-25(3,4)5)21(32)15-30-28-23(27-29-30)19-12-11-17(2)34-19/h6-14,22H,15H2,1-5H3,(H,26,33)/t22-/m1/s1. The van der Waals surface area contributed by atoms with Crippen molar-refractivity contribution in [2.24, 2.45) is 0 Å². The molecule has 1 N–H and O–H groups in total. The van der Waals surface area contributed by atoms with Crippen LogP contribution in [0.4, 0.5) is 5.69 Å². The molecular formula is C25H28N6O3S. The van der Waals surface area contributed by atoms with Crippen LogP contribution in [0.1, 0.15) is 43.0 Å². The summed E-state index contributed by atoms with van der Waals surface area (Å²) in [4.78, 5) is 30.8. The van der Waals surface area contributed by atoms with Gasteiger partial charge in [0.05, 0.1) is 0 Å². The molecule has 0 aliphatic rings. The van der Waals surface area contributed by atoms with Gasteiger partial charge in [-0.25, -0.2) is 0 Å². The summed E-state index contributed by atoms with van der Waals surface area (Å²) < 4.78 is 5.56. The van der Waals surface area contributed by atoms with Crippen molar-refractivity contribution in [2.75, 3.05) is 4.90 Å². The van der Waals surface area contributed by atoms with Crippen LogP contribution in [-0.4, -0.2) is 37.6 Å². The maximum absolute atomic E-state index is 13.8. The molecule has 182 valence electrons. The molecule has 9 nitrogen and oxygen atoms in total. The zero-order chi connectivity index (χ0) is 25.2. The summed E-state index contributed by atoms with van der Waals surface area (Å²) in [6.07, 6.45) is 0. The van der Waals surface area contributed by atoms with Gasteiger partial charge in [-0.2, -0.15) is 4.80 Å². The van der Waals surface area contributed by atoms with Crippen molar-refractivity contribution in [3.63, 3.8) is 0 Å². The maximum atomic E-state index is 13.8. The Bertz CT molecular complexity index is 1320. The first kappa shape index (κ1) is 24.3. The average molecular weight is 493 g/mol. The fourth-order valence-electron chi connectivity index (χ4n) is 3.63. The predicted molar refractivity (Wildman–Crippen MR) is 134 cm³/mol. The summed E-state index contributed by atoms with van der Waals surface area (Å²) in [5.74, 6) is 0.860. The summed E-state index contributed by atoms with van der Waals surface area (Å²) in [5, 5.41) is 17.3. The van der Waals surface area contributed by atoms with Crippen LogP contribution in [0, 0.1) is 13.8 Å². The molecule has 0 saturated heterocycles. The number of nitrogens with zero attached hydrogens (tertiary/aromatic N) is 5. The van der Waals surface area contributed by atoms with Gasteiger partial charge in [0.1, 0.15) is 18.3 Å². The number of aromatic nitrogens is 4. The number of carbonyl (C=O) groups is 2. The van der Waals surface area contributed by atoms with Crippen LogP contribution in [0.2, 0.25) is 0 Å². The lowest BCUT2D eigenvalue weighted by Crippen LogP contribution is -2.50. The van der Waals surface area contributed by atoms with E-state index in [4.69, 9.17) is 4.42 Å². The number of thiophene rings is 1. The number of amides is 2. The van der Waals surface area contributed by atoms with Gasteiger partial charge in [0, 0.05) is 16.1 Å². The van der Waals surface area contributed by atoms with Crippen LogP contribution in [0.25, 0.3) is 11.6 Å². The van der Waals surface area contributed by atoms with E-state index in [-0.39, 0.29) is 24.2 Å². The number of furan rings is 1. The van der Waals surface area contributed by atoms with E-state index < -0.39 is 11.6 Å². The molecule has 0 saturated carbocycles. The van der Waals surface area contributed by atoms with Crippen molar-refractivity contribution in [3.8, 4) is 11.6 Å². The van der Waals surface area contributed by atoms with Gasteiger partial charge in [0.25, 0.3) is 5.91 Å². The Labute approximate surface area is 207 Å². The molecule has 0 fully saturated rings. The quantitative estimate of drug-likeness (QED) is 0.412. The second-order valence-corrected chi connectivity index (χ2v) is 10.3. The number of rotatable bonds is 7. The molecule has 0 aliphatic heterocycles. The lowest BCUT2D eigenvalue weighted by Gasteiger charge is -2.33. The largest absolute Gasteiger partial charge is 0.458 e. The van der Waals surface area contributed by atoms with Gasteiger partial charge < -0.3 is 9.73 Å². The molecule has 4 rings (SSSR count). The number of carbonyl (C=O) groups excluding carboxylic acids is 2. The topological polar surface area (TPSA) is 106 Å². The van der Waals surface area contributed by atoms with E-state index in [1.165, 1.54) is 21.0 Å². The highest BCUT2D eigenvalue weighted by atomic mass is 32.1. The fraction of sp³-hybridized carbons (Fsp3) is 0.320. The lowest BCUT2D eigenvalue weighted by atomic mass is 10.1. The third kappa shape index (κ3) is 5.83. The molecule has 1 atom stereocenters. The molecule has 0 spiro atoms. The van der Waals surface area contributed by atoms with Gasteiger partial charge in [-0.05, 0) is 81.1 Å². The zero-order valence-corrected chi connectivity index (χ0v) is 21.2. The molecule has 3 heterocycles. The number of benzene rings is 1. The number of nitrogens with one attached hydrogen (secondary N) is 1. The molecule has 0 bridgehead atoms. The smallest absolute Gasteiger partial charge is 0.251 e. The molecule has 2 amide bonds. The van der Waals surface area contributed by atoms with E-state index >= 15 is 0 Å². The van der Waals surface area contributed by atoms with Crippen molar-refractivity contribution in [1.29, 1.82) is 0 Å². The van der Waals surface area contributed by atoms with Crippen molar-refractivity contribution in [3.05, 3.63) is 70.1 Å². The van der Waals surface area contributed by atoms with Crippen LogP contribution >= 0.6 is 11.3 Å². The van der Waals surface area contributed by atoms with Gasteiger partial charge in [-0.1, -0.05) is 18.2 Å². The number of aryl methyl sites for hydroxylation is 2. The van der Waals surface area contributed by atoms with Crippen LogP contribution < -0.4 is 10.2 Å². The van der Waals surface area contributed by atoms with E-state index in [1.54, 1.807) is 12.1 Å². The molecule has 0 aliphatic carbocycles. The maximum Gasteiger partial charge on any atom is 0.251 e. The van der Waals surface area contributed by atoms with E-state index in [0.29, 0.717) is 11.4 Å². The third-order valence-electron chi connectivity index (χ3n) is 5.06. The van der Waals surface area contributed by atoms with Crippen molar-refractivity contribution in [2.45, 2.75) is 52.7 Å². The number of tetrazole rings is 1. The van der Waals surface area contributed by atoms with Gasteiger partial charge >= 0.3 is 0 Å². The lowest BCUT2D eigenvalue weighted by molar-refractivity contribution is -0.128. The van der Waals surface area contributed by atoms with Crippen LogP contribution in [0.15, 0.2) is 58.3 Å². The summed E-state index contributed by atoms with van der Waals surface area (Å²) in [5.41, 5.74) is 1.10. The van der Waals surface area contributed by atoms with Gasteiger partial charge in [0.15, 0.2) is 5.76 Å². The van der Waals surface area contributed by atoms with Crippen molar-refractivity contribution < 1.29 is 14.0 Å².